The molecule has 2 atom stereocenters. The summed E-state index contributed by atoms with van der Waals surface area (Å²) in [6.45, 7) is 4.98. The highest BCUT2D eigenvalue weighted by Crippen LogP contribution is 2.20. The number of carbonyl (C=O) groups excluding carboxylic acids is 2. The number of carbonyl (C=O) groups is 2. The average molecular weight is 1170 g/mol. The first-order valence-corrected chi connectivity index (χ1v) is 38.1. The molecule has 0 spiro atoms. The number of hydrogen-bond donors (Lipinski definition) is 3. The van der Waals surface area contributed by atoms with Crippen molar-refractivity contribution in [3.05, 3.63) is 24.3 Å². The topological polar surface area (TPSA) is 95.9 Å². The van der Waals surface area contributed by atoms with Crippen LogP contribution in [-0.2, 0) is 14.3 Å². The highest BCUT2D eigenvalue weighted by atomic mass is 16.5. The first kappa shape index (κ1) is 81.3. The van der Waals surface area contributed by atoms with E-state index in [1.807, 2.05) is 0 Å². The van der Waals surface area contributed by atoms with Crippen molar-refractivity contribution in [3.8, 4) is 0 Å². The molecule has 2 unspecified atom stereocenters. The van der Waals surface area contributed by atoms with E-state index in [-0.39, 0.29) is 18.5 Å². The van der Waals surface area contributed by atoms with Gasteiger partial charge < -0.3 is 20.3 Å². The van der Waals surface area contributed by atoms with Crippen LogP contribution >= 0.6 is 0 Å². The van der Waals surface area contributed by atoms with E-state index in [0.717, 1.165) is 51.4 Å². The van der Waals surface area contributed by atoms with Gasteiger partial charge in [0.2, 0.25) is 5.91 Å². The molecule has 6 heteroatoms. The molecule has 0 heterocycles. The van der Waals surface area contributed by atoms with Crippen molar-refractivity contribution in [1.82, 2.24) is 5.32 Å². The number of allylic oxidation sites excluding steroid dienone is 4. The second-order valence-corrected chi connectivity index (χ2v) is 26.3. The van der Waals surface area contributed by atoms with E-state index in [0.29, 0.717) is 25.9 Å². The molecular formula is C77H149NO5. The fourth-order valence-corrected chi connectivity index (χ4v) is 12.2. The summed E-state index contributed by atoms with van der Waals surface area (Å²) >= 11 is 0. The second-order valence-electron chi connectivity index (χ2n) is 26.3. The van der Waals surface area contributed by atoms with Crippen LogP contribution in [0.3, 0.4) is 0 Å². The largest absolute Gasteiger partial charge is 0.466 e. The van der Waals surface area contributed by atoms with Gasteiger partial charge in [0, 0.05) is 12.8 Å². The quantitative estimate of drug-likeness (QED) is 0.0320. The molecule has 0 aliphatic rings. The SMILES string of the molecule is CCCCCC/C=C\C/C=C\CCCCCCCCCC(=O)OCCCCCCCCCCCCCCCCCCCCCCCCCCCCCCCCC(=O)NC(CO)C(O)CCCCCCCCCCCCCCCCCCCC. The summed E-state index contributed by atoms with van der Waals surface area (Å²) in [6, 6.07) is -0.539. The maximum Gasteiger partial charge on any atom is 0.305 e. The van der Waals surface area contributed by atoms with Crippen LogP contribution in [0.5, 0.6) is 0 Å². The van der Waals surface area contributed by atoms with E-state index < -0.39 is 12.1 Å². The molecule has 0 aromatic rings. The lowest BCUT2D eigenvalue weighted by molar-refractivity contribution is -0.143. The molecule has 0 bridgehead atoms. The summed E-state index contributed by atoms with van der Waals surface area (Å²) in [7, 11) is 0. The van der Waals surface area contributed by atoms with Crippen molar-refractivity contribution in [2.24, 2.45) is 0 Å². The standard InChI is InChI=1S/C77H149NO5/c1-3-5-7-9-11-13-15-17-19-21-37-41-45-49-53-57-61-65-69-75(80)74(73-79)78-76(81)70-66-62-58-54-50-46-42-38-35-33-31-29-27-25-23-24-26-28-30-32-34-36-40-44-48-52-56-60-64-68-72-83-77(82)71-67-63-59-55-51-47-43-39-22-20-18-16-14-12-10-8-6-4-2/h14,16,20,22,74-75,79-80H,3-13,15,17-19,21,23-73H2,1-2H3,(H,78,81)/b16-14-,22-20-. The van der Waals surface area contributed by atoms with Gasteiger partial charge in [-0.05, 0) is 57.8 Å². The van der Waals surface area contributed by atoms with Crippen LogP contribution in [0.2, 0.25) is 0 Å². The Morgan fingerprint density at radius 1 is 0.337 bits per heavy atom. The molecule has 492 valence electrons. The van der Waals surface area contributed by atoms with Crippen molar-refractivity contribution in [2.75, 3.05) is 13.2 Å². The second kappa shape index (κ2) is 72.8. The Morgan fingerprint density at radius 3 is 0.928 bits per heavy atom. The maximum absolute atomic E-state index is 12.5. The molecule has 0 fully saturated rings. The Hall–Kier alpha value is -1.66. The van der Waals surface area contributed by atoms with Gasteiger partial charge >= 0.3 is 5.97 Å². The predicted molar refractivity (Wildman–Crippen MR) is 366 cm³/mol. The van der Waals surface area contributed by atoms with Crippen molar-refractivity contribution in [2.45, 2.75) is 443 Å². The minimum atomic E-state index is -0.662. The molecule has 6 nitrogen and oxygen atoms in total. The van der Waals surface area contributed by atoms with Crippen LogP contribution in [-0.4, -0.2) is 47.4 Å². The molecule has 0 rings (SSSR count). The van der Waals surface area contributed by atoms with E-state index in [4.69, 9.17) is 4.74 Å². The first-order valence-electron chi connectivity index (χ1n) is 38.1. The summed E-state index contributed by atoms with van der Waals surface area (Å²) < 4.78 is 5.51. The third-order valence-electron chi connectivity index (χ3n) is 18.0. The van der Waals surface area contributed by atoms with Crippen molar-refractivity contribution in [3.63, 3.8) is 0 Å². The molecule has 83 heavy (non-hydrogen) atoms. The maximum atomic E-state index is 12.5. The van der Waals surface area contributed by atoms with Crippen molar-refractivity contribution in [1.29, 1.82) is 0 Å². The van der Waals surface area contributed by atoms with Crippen LogP contribution in [0.15, 0.2) is 24.3 Å². The lowest BCUT2D eigenvalue weighted by Gasteiger charge is -2.22. The molecule has 0 radical (unpaired) electrons. The van der Waals surface area contributed by atoms with Crippen LogP contribution in [0.4, 0.5) is 0 Å². The lowest BCUT2D eigenvalue weighted by atomic mass is 10.0. The number of hydrogen-bond acceptors (Lipinski definition) is 5. The van der Waals surface area contributed by atoms with Gasteiger partial charge in [0.25, 0.3) is 0 Å². The number of aliphatic hydroxyl groups excluding tert-OH is 2. The predicted octanol–water partition coefficient (Wildman–Crippen LogP) is 24.9. The van der Waals surface area contributed by atoms with Gasteiger partial charge in [-0.25, -0.2) is 0 Å². The highest BCUT2D eigenvalue weighted by molar-refractivity contribution is 5.76. The molecule has 0 aromatic carbocycles. The van der Waals surface area contributed by atoms with E-state index in [2.05, 4.69) is 43.5 Å². The number of amides is 1. The summed E-state index contributed by atoms with van der Waals surface area (Å²) in [5.41, 5.74) is 0. The van der Waals surface area contributed by atoms with Gasteiger partial charge in [-0.2, -0.15) is 0 Å². The van der Waals surface area contributed by atoms with Gasteiger partial charge in [0.15, 0.2) is 0 Å². The summed E-state index contributed by atoms with van der Waals surface area (Å²) in [4.78, 5) is 24.7. The number of rotatable bonds is 72. The van der Waals surface area contributed by atoms with Crippen molar-refractivity contribution < 1.29 is 24.5 Å². The number of aliphatic hydroxyl groups is 2. The zero-order chi connectivity index (χ0) is 59.9. The Balaban J connectivity index is 3.33. The third kappa shape index (κ3) is 69.3. The Labute approximate surface area is 520 Å². The van der Waals surface area contributed by atoms with Crippen LogP contribution < -0.4 is 5.32 Å². The van der Waals surface area contributed by atoms with Gasteiger partial charge in [0.05, 0.1) is 25.4 Å². The molecule has 1 amide bonds. The molecular weight excluding hydrogens is 1020 g/mol. The normalized spacial score (nSPS) is 12.6. The zero-order valence-electron chi connectivity index (χ0n) is 56.5. The minimum Gasteiger partial charge on any atom is -0.466 e. The lowest BCUT2D eigenvalue weighted by Crippen LogP contribution is -2.45. The molecule has 0 aliphatic heterocycles. The van der Waals surface area contributed by atoms with E-state index in [1.165, 1.54) is 347 Å². The van der Waals surface area contributed by atoms with E-state index >= 15 is 0 Å². The monoisotopic (exact) mass is 1170 g/mol. The highest BCUT2D eigenvalue weighted by Gasteiger charge is 2.20. The summed E-state index contributed by atoms with van der Waals surface area (Å²) in [5, 5.41) is 23.4. The van der Waals surface area contributed by atoms with Gasteiger partial charge in [-0.1, -0.05) is 385 Å². The summed E-state index contributed by atoms with van der Waals surface area (Å²) in [5.74, 6) is -0.0130. The Bertz CT molecular complexity index is 1300. The van der Waals surface area contributed by atoms with Gasteiger partial charge in [-0.15, -0.1) is 0 Å². The van der Waals surface area contributed by atoms with Gasteiger partial charge in [-0.3, -0.25) is 9.59 Å². The Kier molecular flexibility index (Phi) is 71.4. The zero-order valence-corrected chi connectivity index (χ0v) is 56.5. The fourth-order valence-electron chi connectivity index (χ4n) is 12.2. The fraction of sp³-hybridized carbons (Fsp3) is 0.922. The number of unbranched alkanes of at least 4 members (excludes halogenated alkanes) is 57. The van der Waals surface area contributed by atoms with Crippen LogP contribution in [0.25, 0.3) is 0 Å². The molecule has 0 aromatic heterocycles. The van der Waals surface area contributed by atoms with E-state index in [1.54, 1.807) is 0 Å². The minimum absolute atomic E-state index is 0.0137. The van der Waals surface area contributed by atoms with Crippen molar-refractivity contribution >= 4 is 11.9 Å². The number of ether oxygens (including phenoxy) is 1. The number of nitrogens with one attached hydrogen (secondary N) is 1. The van der Waals surface area contributed by atoms with Crippen LogP contribution in [0, 0.1) is 0 Å². The Morgan fingerprint density at radius 2 is 0.602 bits per heavy atom. The molecule has 0 saturated heterocycles. The van der Waals surface area contributed by atoms with Crippen LogP contribution in [0.1, 0.15) is 431 Å². The molecule has 3 N–H and O–H groups in total. The molecule has 0 saturated carbocycles. The smallest absolute Gasteiger partial charge is 0.305 e. The van der Waals surface area contributed by atoms with Gasteiger partial charge in [0.1, 0.15) is 0 Å². The molecule has 0 aliphatic carbocycles. The first-order chi connectivity index (χ1) is 41.0. The van der Waals surface area contributed by atoms with E-state index in [9.17, 15) is 19.8 Å². The summed E-state index contributed by atoms with van der Waals surface area (Å²) in [6.07, 6.45) is 92.5. The number of esters is 1. The third-order valence-corrected chi connectivity index (χ3v) is 18.0. The average Bonchev–Trinajstić information content (AvgIpc) is 3.48.